The van der Waals surface area contributed by atoms with Crippen molar-refractivity contribution >= 4 is 21.8 Å². The number of fused-ring (bicyclic) bond motifs is 2. The van der Waals surface area contributed by atoms with E-state index in [0.29, 0.717) is 17.8 Å². The highest BCUT2D eigenvalue weighted by atomic mass is 19.4. The van der Waals surface area contributed by atoms with Crippen molar-refractivity contribution < 1.29 is 18.3 Å². The Kier molecular flexibility index (Phi) is 4.36. The Morgan fingerprint density at radius 2 is 1.74 bits per heavy atom. The summed E-state index contributed by atoms with van der Waals surface area (Å²) in [6.45, 7) is 0.164. The molecule has 0 atom stereocenters. The van der Waals surface area contributed by atoms with Crippen molar-refractivity contribution in [1.29, 1.82) is 0 Å². The number of hydrogen-bond donors (Lipinski definition) is 1. The average molecular weight is 370 g/mol. The molecule has 3 aromatic carbocycles. The van der Waals surface area contributed by atoms with Gasteiger partial charge in [-0.1, -0.05) is 42.5 Å². The highest BCUT2D eigenvalue weighted by Crippen LogP contribution is 2.32. The third kappa shape index (κ3) is 3.28. The lowest BCUT2D eigenvalue weighted by Crippen LogP contribution is -2.08. The number of aliphatic hydroxyl groups excluding tert-OH is 1. The van der Waals surface area contributed by atoms with E-state index in [1.807, 2.05) is 42.5 Å². The molecule has 4 rings (SSSR count). The molecule has 4 aromatic rings. The fourth-order valence-corrected chi connectivity index (χ4v) is 3.46. The zero-order valence-electron chi connectivity index (χ0n) is 14.4. The van der Waals surface area contributed by atoms with Crippen molar-refractivity contribution in [3.05, 3.63) is 77.6 Å². The fourth-order valence-electron chi connectivity index (χ4n) is 3.46. The summed E-state index contributed by atoms with van der Waals surface area (Å²) in [5.41, 5.74) is 1.19. The fraction of sp³-hybridized carbons (Fsp3) is 0.190. The first-order chi connectivity index (χ1) is 13.0. The van der Waals surface area contributed by atoms with Crippen molar-refractivity contribution in [1.82, 2.24) is 9.55 Å². The van der Waals surface area contributed by atoms with Gasteiger partial charge in [0, 0.05) is 13.0 Å². The third-order valence-electron chi connectivity index (χ3n) is 4.71. The molecule has 1 heterocycles. The van der Waals surface area contributed by atoms with Gasteiger partial charge in [-0.05, 0) is 34.5 Å². The van der Waals surface area contributed by atoms with Gasteiger partial charge in [0.15, 0.2) is 0 Å². The molecule has 0 fully saturated rings. The zero-order chi connectivity index (χ0) is 19.0. The molecule has 0 aliphatic carbocycles. The maximum atomic E-state index is 13.0. The standard InChI is InChI=1S/C21H17F3N2O/c22-21(23,24)16-8-9-19-18(13-16)25-20(26(19)10-11-27)12-15-6-3-5-14-4-1-2-7-17(14)15/h1-9,13,27H,10-12H2. The lowest BCUT2D eigenvalue weighted by atomic mass is 10.0. The van der Waals surface area contributed by atoms with E-state index in [0.717, 1.165) is 28.5 Å². The van der Waals surface area contributed by atoms with Crippen LogP contribution in [-0.2, 0) is 19.1 Å². The van der Waals surface area contributed by atoms with Crippen LogP contribution in [0.4, 0.5) is 13.2 Å². The Morgan fingerprint density at radius 1 is 0.963 bits per heavy atom. The van der Waals surface area contributed by atoms with Crippen LogP contribution in [0.1, 0.15) is 17.0 Å². The van der Waals surface area contributed by atoms with Crippen LogP contribution in [0.3, 0.4) is 0 Å². The number of aliphatic hydroxyl groups is 1. The van der Waals surface area contributed by atoms with Gasteiger partial charge in [-0.3, -0.25) is 0 Å². The maximum Gasteiger partial charge on any atom is 0.416 e. The second kappa shape index (κ2) is 6.70. The predicted molar refractivity (Wildman–Crippen MR) is 98.6 cm³/mol. The van der Waals surface area contributed by atoms with Gasteiger partial charge in [0.25, 0.3) is 0 Å². The van der Waals surface area contributed by atoms with Crippen molar-refractivity contribution in [2.24, 2.45) is 0 Å². The molecule has 138 valence electrons. The van der Waals surface area contributed by atoms with Crippen LogP contribution in [0.2, 0.25) is 0 Å². The van der Waals surface area contributed by atoms with Gasteiger partial charge in [-0.15, -0.1) is 0 Å². The number of hydrogen-bond acceptors (Lipinski definition) is 2. The minimum atomic E-state index is -4.41. The Hall–Kier alpha value is -2.86. The van der Waals surface area contributed by atoms with Gasteiger partial charge in [0.1, 0.15) is 5.82 Å². The monoisotopic (exact) mass is 370 g/mol. The number of halogens is 3. The van der Waals surface area contributed by atoms with Gasteiger partial charge in [-0.25, -0.2) is 4.98 Å². The summed E-state index contributed by atoms with van der Waals surface area (Å²) in [5, 5.41) is 11.6. The summed E-state index contributed by atoms with van der Waals surface area (Å²) >= 11 is 0. The molecular formula is C21H17F3N2O. The molecule has 27 heavy (non-hydrogen) atoms. The van der Waals surface area contributed by atoms with Crippen molar-refractivity contribution in [3.63, 3.8) is 0 Å². The smallest absolute Gasteiger partial charge is 0.395 e. The van der Waals surface area contributed by atoms with E-state index in [2.05, 4.69) is 4.98 Å². The summed E-state index contributed by atoms with van der Waals surface area (Å²) in [5.74, 6) is 0.634. The lowest BCUT2D eigenvalue weighted by molar-refractivity contribution is -0.137. The van der Waals surface area contributed by atoms with Crippen LogP contribution in [-0.4, -0.2) is 21.3 Å². The summed E-state index contributed by atoms with van der Waals surface area (Å²) in [6.07, 6.45) is -3.94. The normalized spacial score (nSPS) is 12.1. The third-order valence-corrected chi connectivity index (χ3v) is 4.71. The molecule has 3 nitrogen and oxygen atoms in total. The zero-order valence-corrected chi connectivity index (χ0v) is 14.4. The van der Waals surface area contributed by atoms with Gasteiger partial charge in [0.05, 0.1) is 23.2 Å². The Labute approximate surface area is 153 Å². The summed E-state index contributed by atoms with van der Waals surface area (Å²) in [6, 6.07) is 17.5. The first kappa shape index (κ1) is 17.5. The molecule has 0 saturated carbocycles. The largest absolute Gasteiger partial charge is 0.416 e. The van der Waals surface area contributed by atoms with E-state index in [4.69, 9.17) is 0 Å². The second-order valence-corrected chi connectivity index (χ2v) is 6.42. The van der Waals surface area contributed by atoms with E-state index < -0.39 is 11.7 Å². The molecule has 6 heteroatoms. The lowest BCUT2D eigenvalue weighted by Gasteiger charge is -2.10. The summed E-state index contributed by atoms with van der Waals surface area (Å²) in [7, 11) is 0. The van der Waals surface area contributed by atoms with E-state index in [1.54, 1.807) is 4.57 Å². The number of aromatic nitrogens is 2. The molecular weight excluding hydrogens is 353 g/mol. The predicted octanol–water partition coefficient (Wildman–Crippen LogP) is 4.79. The number of alkyl halides is 3. The molecule has 0 unspecified atom stereocenters. The van der Waals surface area contributed by atoms with Gasteiger partial charge in [-0.2, -0.15) is 13.2 Å². The van der Waals surface area contributed by atoms with Gasteiger partial charge >= 0.3 is 6.18 Å². The Morgan fingerprint density at radius 3 is 2.52 bits per heavy atom. The molecule has 0 aliphatic heterocycles. The number of benzene rings is 3. The van der Waals surface area contributed by atoms with Gasteiger partial charge in [0.2, 0.25) is 0 Å². The van der Waals surface area contributed by atoms with Crippen LogP contribution in [0, 0.1) is 0 Å². The minimum absolute atomic E-state index is 0.116. The highest BCUT2D eigenvalue weighted by Gasteiger charge is 2.31. The quantitative estimate of drug-likeness (QED) is 0.561. The topological polar surface area (TPSA) is 38.0 Å². The maximum absolute atomic E-state index is 13.0. The minimum Gasteiger partial charge on any atom is -0.395 e. The number of rotatable bonds is 4. The second-order valence-electron chi connectivity index (χ2n) is 6.42. The van der Waals surface area contributed by atoms with Crippen LogP contribution < -0.4 is 0 Å². The first-order valence-electron chi connectivity index (χ1n) is 8.61. The Balaban J connectivity index is 1.83. The SMILES string of the molecule is OCCn1c(Cc2cccc3ccccc23)nc2cc(C(F)(F)F)ccc21. The molecule has 0 bridgehead atoms. The van der Waals surface area contributed by atoms with Crippen molar-refractivity contribution in [2.75, 3.05) is 6.61 Å². The van der Waals surface area contributed by atoms with Crippen molar-refractivity contribution in [3.8, 4) is 0 Å². The van der Waals surface area contributed by atoms with E-state index in [9.17, 15) is 18.3 Å². The highest BCUT2D eigenvalue weighted by molar-refractivity contribution is 5.86. The Bertz CT molecular complexity index is 1110. The average Bonchev–Trinajstić information content (AvgIpc) is 2.98. The van der Waals surface area contributed by atoms with Crippen LogP contribution in [0.25, 0.3) is 21.8 Å². The number of imidazole rings is 1. The van der Waals surface area contributed by atoms with Crippen LogP contribution in [0.5, 0.6) is 0 Å². The number of nitrogens with zero attached hydrogens (tertiary/aromatic N) is 2. The molecule has 0 aliphatic rings. The molecule has 0 spiro atoms. The van der Waals surface area contributed by atoms with Gasteiger partial charge < -0.3 is 9.67 Å². The molecule has 0 amide bonds. The first-order valence-corrected chi connectivity index (χ1v) is 8.61. The molecule has 0 saturated heterocycles. The van der Waals surface area contributed by atoms with E-state index in [-0.39, 0.29) is 18.7 Å². The van der Waals surface area contributed by atoms with Crippen LogP contribution >= 0.6 is 0 Å². The van der Waals surface area contributed by atoms with E-state index in [1.165, 1.54) is 6.07 Å². The molecule has 1 N–H and O–H groups in total. The van der Waals surface area contributed by atoms with Crippen molar-refractivity contribution in [2.45, 2.75) is 19.1 Å². The van der Waals surface area contributed by atoms with Crippen LogP contribution in [0.15, 0.2) is 60.7 Å². The van der Waals surface area contributed by atoms with E-state index >= 15 is 0 Å². The molecule has 0 radical (unpaired) electrons. The summed E-state index contributed by atoms with van der Waals surface area (Å²) in [4.78, 5) is 4.46. The summed E-state index contributed by atoms with van der Waals surface area (Å²) < 4.78 is 40.8. The molecule has 1 aromatic heterocycles.